The number of imide groups is 1. The number of nitrogens with zero attached hydrogens (tertiary/aromatic N) is 2. The van der Waals surface area contributed by atoms with Crippen molar-refractivity contribution in [3.8, 4) is 0 Å². The van der Waals surface area contributed by atoms with Gasteiger partial charge in [0.2, 0.25) is 5.91 Å². The summed E-state index contributed by atoms with van der Waals surface area (Å²) in [6, 6.07) is 4.87. The summed E-state index contributed by atoms with van der Waals surface area (Å²) in [5, 5.41) is 2.29. The molecule has 1 saturated heterocycles. The Kier molecular flexibility index (Phi) is 3.34. The fourth-order valence-electron chi connectivity index (χ4n) is 2.68. The summed E-state index contributed by atoms with van der Waals surface area (Å²) >= 11 is 0. The summed E-state index contributed by atoms with van der Waals surface area (Å²) in [6.07, 6.45) is 0.279. The minimum Gasteiger partial charge on any atom is -0.333 e. The Hall–Kier alpha value is -2.41. The topological polar surface area (TPSA) is 95.7 Å². The highest BCUT2D eigenvalue weighted by Gasteiger charge is 2.29. The van der Waals surface area contributed by atoms with Crippen molar-refractivity contribution in [2.24, 2.45) is 5.73 Å². The summed E-state index contributed by atoms with van der Waals surface area (Å²) < 4.78 is 0. The van der Waals surface area contributed by atoms with Crippen LogP contribution in [0.5, 0.6) is 0 Å². The highest BCUT2D eigenvalue weighted by Crippen LogP contribution is 2.27. The molecule has 0 saturated carbocycles. The minimum absolute atomic E-state index is 0.0275. The van der Waals surface area contributed by atoms with Gasteiger partial charge in [-0.2, -0.15) is 0 Å². The third-order valence-electron chi connectivity index (χ3n) is 3.73. The number of fused-ring (bicyclic) bond motifs is 1. The average molecular weight is 288 g/mol. The first-order valence-electron chi connectivity index (χ1n) is 6.84. The van der Waals surface area contributed by atoms with Crippen LogP contribution in [0.15, 0.2) is 18.2 Å². The van der Waals surface area contributed by atoms with Gasteiger partial charge in [-0.15, -0.1) is 0 Å². The largest absolute Gasteiger partial charge is 0.333 e. The molecule has 0 atom stereocenters. The van der Waals surface area contributed by atoms with Crippen LogP contribution in [0.3, 0.4) is 0 Å². The van der Waals surface area contributed by atoms with Crippen molar-refractivity contribution in [3.05, 3.63) is 29.3 Å². The predicted octanol–water partition coefficient (Wildman–Crippen LogP) is 0.0474. The van der Waals surface area contributed by atoms with E-state index in [2.05, 4.69) is 5.32 Å². The van der Waals surface area contributed by atoms with Crippen LogP contribution in [0, 0.1) is 0 Å². The Morgan fingerprint density at radius 3 is 2.76 bits per heavy atom. The van der Waals surface area contributed by atoms with Gasteiger partial charge in [-0.1, -0.05) is 0 Å². The molecule has 1 fully saturated rings. The normalized spacial score (nSPS) is 18.0. The second kappa shape index (κ2) is 5.17. The maximum Gasteiger partial charge on any atom is 0.328 e. The number of anilines is 1. The van der Waals surface area contributed by atoms with Crippen molar-refractivity contribution < 1.29 is 14.4 Å². The Balaban J connectivity index is 1.85. The van der Waals surface area contributed by atoms with E-state index < -0.39 is 6.03 Å². The molecule has 4 amide bonds. The molecular formula is C14H16N4O3. The summed E-state index contributed by atoms with van der Waals surface area (Å²) in [5.41, 5.74) is 7.73. The first-order valence-corrected chi connectivity index (χ1v) is 6.84. The van der Waals surface area contributed by atoms with Crippen LogP contribution in [0.25, 0.3) is 0 Å². The molecule has 0 radical (unpaired) electrons. The Bertz CT molecular complexity index is 629. The lowest BCUT2D eigenvalue weighted by atomic mass is 10.1. The number of amides is 4. The fraction of sp³-hybridized carbons (Fsp3) is 0.357. The van der Waals surface area contributed by atoms with Crippen LogP contribution < -0.4 is 16.0 Å². The van der Waals surface area contributed by atoms with Gasteiger partial charge >= 0.3 is 6.03 Å². The first-order chi connectivity index (χ1) is 10.1. The van der Waals surface area contributed by atoms with E-state index in [4.69, 9.17) is 5.73 Å². The number of nitrogens with two attached hydrogens (primary N) is 1. The molecule has 2 heterocycles. The highest BCUT2D eigenvalue weighted by molar-refractivity contribution is 6.06. The number of carbonyl (C=O) groups is 3. The standard InChI is InChI=1S/C14H16N4O3/c15-4-6-17-8-9-7-10(1-2-11(9)13(17)20)18-5-3-12(19)16-14(18)21/h1-2,7H,3-6,8,15H2,(H,16,19,21). The summed E-state index contributed by atoms with van der Waals surface area (Å²) in [5.74, 6) is -0.290. The number of rotatable bonds is 3. The molecule has 3 rings (SSSR count). The zero-order chi connectivity index (χ0) is 15.0. The maximum atomic E-state index is 12.1. The van der Waals surface area contributed by atoms with Crippen LogP contribution in [0.2, 0.25) is 0 Å². The highest BCUT2D eigenvalue weighted by atomic mass is 16.2. The lowest BCUT2D eigenvalue weighted by molar-refractivity contribution is -0.120. The molecule has 7 nitrogen and oxygen atoms in total. The van der Waals surface area contributed by atoms with Crippen molar-refractivity contribution in [3.63, 3.8) is 0 Å². The van der Waals surface area contributed by atoms with E-state index in [0.717, 1.165) is 5.56 Å². The summed E-state index contributed by atoms with van der Waals surface area (Å²) in [7, 11) is 0. The molecular weight excluding hydrogens is 272 g/mol. The smallest absolute Gasteiger partial charge is 0.328 e. The van der Waals surface area contributed by atoms with Gasteiger partial charge in [0, 0.05) is 43.9 Å². The van der Waals surface area contributed by atoms with E-state index in [0.29, 0.717) is 37.4 Å². The van der Waals surface area contributed by atoms with Gasteiger partial charge in [0.1, 0.15) is 0 Å². The number of benzene rings is 1. The fourth-order valence-corrected chi connectivity index (χ4v) is 2.68. The average Bonchev–Trinajstić information content (AvgIpc) is 2.75. The van der Waals surface area contributed by atoms with Crippen molar-refractivity contribution in [1.82, 2.24) is 10.2 Å². The predicted molar refractivity (Wildman–Crippen MR) is 75.7 cm³/mol. The van der Waals surface area contributed by atoms with Crippen molar-refractivity contribution in [2.75, 3.05) is 24.5 Å². The molecule has 7 heteroatoms. The molecule has 2 aliphatic heterocycles. The molecule has 2 aliphatic rings. The van der Waals surface area contributed by atoms with E-state index in [1.54, 1.807) is 17.0 Å². The number of carbonyl (C=O) groups excluding carboxylic acids is 3. The van der Waals surface area contributed by atoms with E-state index in [9.17, 15) is 14.4 Å². The van der Waals surface area contributed by atoms with Gasteiger partial charge in [0.25, 0.3) is 5.91 Å². The van der Waals surface area contributed by atoms with Gasteiger partial charge in [0.15, 0.2) is 0 Å². The second-order valence-corrected chi connectivity index (χ2v) is 5.11. The molecule has 1 aromatic rings. The van der Waals surface area contributed by atoms with Gasteiger partial charge in [0.05, 0.1) is 0 Å². The van der Waals surface area contributed by atoms with Crippen molar-refractivity contribution in [2.45, 2.75) is 13.0 Å². The van der Waals surface area contributed by atoms with Crippen LogP contribution in [-0.2, 0) is 11.3 Å². The molecule has 110 valence electrons. The van der Waals surface area contributed by atoms with E-state index in [1.807, 2.05) is 6.07 Å². The maximum absolute atomic E-state index is 12.1. The van der Waals surface area contributed by atoms with Gasteiger partial charge in [-0.25, -0.2) is 4.79 Å². The molecule has 0 aromatic heterocycles. The van der Waals surface area contributed by atoms with Crippen LogP contribution in [-0.4, -0.2) is 42.4 Å². The molecule has 3 N–H and O–H groups in total. The van der Waals surface area contributed by atoms with Crippen LogP contribution in [0.4, 0.5) is 10.5 Å². The minimum atomic E-state index is -0.422. The SMILES string of the molecule is NCCN1Cc2cc(N3CCC(=O)NC3=O)ccc2C1=O. The molecule has 21 heavy (non-hydrogen) atoms. The molecule has 1 aromatic carbocycles. The number of urea groups is 1. The Morgan fingerprint density at radius 2 is 2.05 bits per heavy atom. The molecule has 0 aliphatic carbocycles. The second-order valence-electron chi connectivity index (χ2n) is 5.11. The molecule has 0 unspecified atom stereocenters. The lowest BCUT2D eigenvalue weighted by Crippen LogP contribution is -2.49. The van der Waals surface area contributed by atoms with E-state index >= 15 is 0 Å². The van der Waals surface area contributed by atoms with Gasteiger partial charge in [-0.05, 0) is 23.8 Å². The van der Waals surface area contributed by atoms with Gasteiger partial charge < -0.3 is 10.6 Å². The summed E-state index contributed by atoms with van der Waals surface area (Å²) in [4.78, 5) is 38.3. The van der Waals surface area contributed by atoms with E-state index in [-0.39, 0.29) is 18.2 Å². The van der Waals surface area contributed by atoms with Crippen LogP contribution >= 0.6 is 0 Å². The number of hydrogen-bond donors (Lipinski definition) is 2. The Morgan fingerprint density at radius 1 is 1.24 bits per heavy atom. The zero-order valence-electron chi connectivity index (χ0n) is 11.5. The van der Waals surface area contributed by atoms with Gasteiger partial charge in [-0.3, -0.25) is 19.8 Å². The van der Waals surface area contributed by atoms with Crippen molar-refractivity contribution in [1.29, 1.82) is 0 Å². The lowest BCUT2D eigenvalue weighted by Gasteiger charge is -2.26. The summed E-state index contributed by atoms with van der Waals surface area (Å²) in [6.45, 7) is 1.79. The number of nitrogens with one attached hydrogen (secondary N) is 1. The van der Waals surface area contributed by atoms with Crippen molar-refractivity contribution >= 4 is 23.5 Å². The van der Waals surface area contributed by atoms with Crippen LogP contribution in [0.1, 0.15) is 22.3 Å². The first kappa shape index (κ1) is 13.6. The number of hydrogen-bond acceptors (Lipinski definition) is 4. The molecule has 0 spiro atoms. The monoisotopic (exact) mass is 288 g/mol. The third-order valence-corrected chi connectivity index (χ3v) is 3.73. The third kappa shape index (κ3) is 2.36. The Labute approximate surface area is 121 Å². The molecule has 0 bridgehead atoms. The quantitative estimate of drug-likeness (QED) is 0.821. The zero-order valence-corrected chi connectivity index (χ0v) is 11.5. The van der Waals surface area contributed by atoms with E-state index in [1.165, 1.54) is 4.90 Å².